The van der Waals surface area contributed by atoms with E-state index in [1.165, 1.54) is 4.68 Å². The Bertz CT molecular complexity index is 1020. The van der Waals surface area contributed by atoms with E-state index >= 15 is 0 Å². The summed E-state index contributed by atoms with van der Waals surface area (Å²) in [6.07, 6.45) is -0.0967. The summed E-state index contributed by atoms with van der Waals surface area (Å²) in [7, 11) is 0. The maximum atomic E-state index is 12.4. The first-order chi connectivity index (χ1) is 13.0. The molecule has 1 atom stereocenters. The molecular formula is C18H13Cl2N5O2. The second-order valence-corrected chi connectivity index (χ2v) is 6.86. The SMILES string of the molecule is O=C(CC1C(=O)Nc2nc(-c3ccccc3)nn21)Nc1cc(Cl)cc(Cl)c1. The molecule has 2 aromatic carbocycles. The van der Waals surface area contributed by atoms with Crippen LogP contribution in [0.15, 0.2) is 48.5 Å². The Hall–Kier alpha value is -2.90. The largest absolute Gasteiger partial charge is 0.326 e. The molecule has 27 heavy (non-hydrogen) atoms. The van der Waals surface area contributed by atoms with Gasteiger partial charge in [-0.3, -0.25) is 14.9 Å². The number of halogens is 2. The van der Waals surface area contributed by atoms with Crippen LogP contribution in [0.25, 0.3) is 11.4 Å². The topological polar surface area (TPSA) is 88.9 Å². The van der Waals surface area contributed by atoms with Crippen LogP contribution in [0.3, 0.4) is 0 Å². The molecule has 0 aliphatic carbocycles. The minimum atomic E-state index is -0.778. The summed E-state index contributed by atoms with van der Waals surface area (Å²) >= 11 is 11.9. The second-order valence-electron chi connectivity index (χ2n) is 5.99. The molecule has 1 aliphatic heterocycles. The Balaban J connectivity index is 1.52. The molecule has 0 fully saturated rings. The Kier molecular flexibility index (Phi) is 4.55. The number of benzene rings is 2. The fourth-order valence-corrected chi connectivity index (χ4v) is 3.36. The number of rotatable bonds is 4. The van der Waals surface area contributed by atoms with E-state index in [-0.39, 0.29) is 18.2 Å². The summed E-state index contributed by atoms with van der Waals surface area (Å²) in [5.41, 5.74) is 1.28. The van der Waals surface area contributed by atoms with Gasteiger partial charge in [0.1, 0.15) is 6.04 Å². The predicted octanol–water partition coefficient (Wildman–Crippen LogP) is 3.77. The highest BCUT2D eigenvalue weighted by atomic mass is 35.5. The van der Waals surface area contributed by atoms with Gasteiger partial charge >= 0.3 is 0 Å². The third-order valence-corrected chi connectivity index (χ3v) is 4.46. The first-order valence-electron chi connectivity index (χ1n) is 8.08. The zero-order valence-electron chi connectivity index (χ0n) is 13.8. The van der Waals surface area contributed by atoms with Gasteiger partial charge < -0.3 is 5.32 Å². The molecule has 0 saturated carbocycles. The van der Waals surface area contributed by atoms with E-state index in [1.807, 2.05) is 30.3 Å². The van der Waals surface area contributed by atoms with E-state index < -0.39 is 6.04 Å². The average Bonchev–Trinajstić information content (AvgIpc) is 3.14. The maximum Gasteiger partial charge on any atom is 0.252 e. The minimum Gasteiger partial charge on any atom is -0.326 e. The number of carbonyl (C=O) groups is 2. The number of carbonyl (C=O) groups excluding carboxylic acids is 2. The van der Waals surface area contributed by atoms with Crippen molar-refractivity contribution in [1.29, 1.82) is 0 Å². The van der Waals surface area contributed by atoms with E-state index in [9.17, 15) is 9.59 Å². The quantitative estimate of drug-likeness (QED) is 0.695. The molecule has 7 nitrogen and oxygen atoms in total. The highest BCUT2D eigenvalue weighted by Gasteiger charge is 2.35. The van der Waals surface area contributed by atoms with Gasteiger partial charge in [0.05, 0.1) is 6.42 Å². The van der Waals surface area contributed by atoms with Crippen LogP contribution in [0.2, 0.25) is 10.0 Å². The van der Waals surface area contributed by atoms with E-state index in [2.05, 4.69) is 20.7 Å². The van der Waals surface area contributed by atoms with Gasteiger partial charge in [0.15, 0.2) is 5.82 Å². The molecule has 4 rings (SSSR count). The highest BCUT2D eigenvalue weighted by molar-refractivity contribution is 6.35. The van der Waals surface area contributed by atoms with Crippen LogP contribution in [-0.2, 0) is 9.59 Å². The molecule has 136 valence electrons. The van der Waals surface area contributed by atoms with Crippen LogP contribution in [0.5, 0.6) is 0 Å². The van der Waals surface area contributed by atoms with E-state index in [0.29, 0.717) is 27.5 Å². The number of hydrogen-bond donors (Lipinski definition) is 2. The molecule has 2 amide bonds. The van der Waals surface area contributed by atoms with Gasteiger partial charge in [-0.25, -0.2) is 4.68 Å². The number of fused-ring (bicyclic) bond motifs is 1. The molecule has 0 radical (unpaired) electrons. The fraction of sp³-hybridized carbons (Fsp3) is 0.111. The molecule has 2 heterocycles. The van der Waals surface area contributed by atoms with Crippen molar-refractivity contribution in [2.75, 3.05) is 10.6 Å². The van der Waals surface area contributed by atoms with Crippen LogP contribution < -0.4 is 10.6 Å². The fourth-order valence-electron chi connectivity index (χ4n) is 2.83. The van der Waals surface area contributed by atoms with Crippen molar-refractivity contribution < 1.29 is 9.59 Å². The average molecular weight is 402 g/mol. The Morgan fingerprint density at radius 3 is 2.56 bits per heavy atom. The summed E-state index contributed by atoms with van der Waals surface area (Å²) in [4.78, 5) is 28.9. The highest BCUT2D eigenvalue weighted by Crippen LogP contribution is 2.29. The monoisotopic (exact) mass is 401 g/mol. The number of hydrogen-bond acceptors (Lipinski definition) is 4. The number of nitrogens with zero attached hydrogens (tertiary/aromatic N) is 3. The van der Waals surface area contributed by atoms with Crippen molar-refractivity contribution >= 4 is 46.7 Å². The van der Waals surface area contributed by atoms with Crippen LogP contribution in [0, 0.1) is 0 Å². The second kappa shape index (κ2) is 7.02. The number of amides is 2. The zero-order valence-corrected chi connectivity index (χ0v) is 15.3. The van der Waals surface area contributed by atoms with Crippen molar-refractivity contribution in [2.45, 2.75) is 12.5 Å². The Morgan fingerprint density at radius 1 is 1.15 bits per heavy atom. The van der Waals surface area contributed by atoms with Gasteiger partial charge in [0.25, 0.3) is 5.91 Å². The van der Waals surface area contributed by atoms with Crippen LogP contribution in [-0.4, -0.2) is 26.6 Å². The van der Waals surface area contributed by atoms with E-state index in [1.54, 1.807) is 18.2 Å². The smallest absolute Gasteiger partial charge is 0.252 e. The normalized spacial score (nSPS) is 15.3. The molecule has 0 saturated heterocycles. The van der Waals surface area contributed by atoms with Crippen LogP contribution in [0.1, 0.15) is 12.5 Å². The number of nitrogens with one attached hydrogen (secondary N) is 2. The van der Waals surface area contributed by atoms with Gasteiger partial charge in [-0.05, 0) is 18.2 Å². The van der Waals surface area contributed by atoms with E-state index in [4.69, 9.17) is 23.2 Å². The Labute approximate surface area is 164 Å². The summed E-state index contributed by atoms with van der Waals surface area (Å²) in [6, 6.07) is 13.3. The van der Waals surface area contributed by atoms with Crippen LogP contribution >= 0.6 is 23.2 Å². The van der Waals surface area contributed by atoms with Crippen molar-refractivity contribution in [3.63, 3.8) is 0 Å². The molecule has 0 bridgehead atoms. The van der Waals surface area contributed by atoms with Crippen LogP contribution in [0.4, 0.5) is 11.6 Å². The summed E-state index contributed by atoms with van der Waals surface area (Å²) in [5.74, 6) is 0.113. The number of aromatic nitrogens is 3. The molecule has 1 unspecified atom stereocenters. The summed E-state index contributed by atoms with van der Waals surface area (Å²) in [5, 5.41) is 10.5. The minimum absolute atomic E-state index is 0.0967. The molecule has 1 aromatic heterocycles. The lowest BCUT2D eigenvalue weighted by molar-refractivity contribution is -0.123. The molecule has 9 heteroatoms. The van der Waals surface area contributed by atoms with Gasteiger partial charge in [-0.2, -0.15) is 4.98 Å². The molecule has 1 aliphatic rings. The van der Waals surface area contributed by atoms with Gasteiger partial charge in [0, 0.05) is 21.3 Å². The van der Waals surface area contributed by atoms with Gasteiger partial charge in [-0.1, -0.05) is 53.5 Å². The van der Waals surface area contributed by atoms with Crippen molar-refractivity contribution in [1.82, 2.24) is 14.8 Å². The standard InChI is InChI=1S/C18H13Cl2N5O2/c19-11-6-12(20)8-13(7-11)21-15(26)9-14-17(27)23-18-22-16(24-25(14)18)10-4-2-1-3-5-10/h1-8,14H,9H2,(H,21,26)(H,22,23,24,27). The molecule has 3 aromatic rings. The molecule has 0 spiro atoms. The number of anilines is 2. The van der Waals surface area contributed by atoms with Crippen molar-refractivity contribution in [2.24, 2.45) is 0 Å². The van der Waals surface area contributed by atoms with Gasteiger partial charge in [0.2, 0.25) is 11.9 Å². The molecular weight excluding hydrogens is 389 g/mol. The summed E-state index contributed by atoms with van der Waals surface area (Å²) < 4.78 is 1.44. The lowest BCUT2D eigenvalue weighted by Gasteiger charge is -2.10. The molecule has 2 N–H and O–H groups in total. The van der Waals surface area contributed by atoms with Gasteiger partial charge in [-0.15, -0.1) is 5.10 Å². The predicted molar refractivity (Wildman–Crippen MR) is 103 cm³/mol. The van der Waals surface area contributed by atoms with E-state index in [0.717, 1.165) is 5.56 Å². The summed E-state index contributed by atoms with van der Waals surface area (Å²) in [6.45, 7) is 0. The zero-order chi connectivity index (χ0) is 19.0. The first-order valence-corrected chi connectivity index (χ1v) is 8.84. The first kappa shape index (κ1) is 17.5. The lowest BCUT2D eigenvalue weighted by atomic mass is 10.2. The maximum absolute atomic E-state index is 12.4. The Morgan fingerprint density at radius 2 is 1.85 bits per heavy atom. The lowest BCUT2D eigenvalue weighted by Crippen LogP contribution is -2.23. The van der Waals surface area contributed by atoms with Crippen molar-refractivity contribution in [3.05, 3.63) is 58.6 Å². The third kappa shape index (κ3) is 3.65. The third-order valence-electron chi connectivity index (χ3n) is 4.02. The van der Waals surface area contributed by atoms with Crippen molar-refractivity contribution in [3.8, 4) is 11.4 Å².